The van der Waals surface area contributed by atoms with E-state index in [1.165, 1.54) is 0 Å². The van der Waals surface area contributed by atoms with Gasteiger partial charge >= 0.3 is 5.97 Å². The first-order valence-electron chi connectivity index (χ1n) is 7.32. The Labute approximate surface area is 136 Å². The minimum atomic E-state index is -0.385. The van der Waals surface area contributed by atoms with Crippen molar-refractivity contribution >= 4 is 34.9 Å². The zero-order valence-corrected chi connectivity index (χ0v) is 14.0. The lowest BCUT2D eigenvalue weighted by Gasteiger charge is -2.15. The number of esters is 1. The summed E-state index contributed by atoms with van der Waals surface area (Å²) in [6.45, 7) is 6.08. The van der Waals surface area contributed by atoms with Gasteiger partial charge in [0.1, 0.15) is 0 Å². The third-order valence-corrected chi connectivity index (χ3v) is 3.30. The van der Waals surface area contributed by atoms with Gasteiger partial charge in [-0.25, -0.2) is 0 Å². The highest BCUT2D eigenvalue weighted by Crippen LogP contribution is 2.20. The number of hydrogen-bond acceptors (Lipinski definition) is 4. The van der Waals surface area contributed by atoms with Crippen molar-refractivity contribution in [2.45, 2.75) is 40.0 Å². The standard InChI is InChI=1S/C16H22N2O3S/c1-4-12-8-6-7-11(3)15(12)18-16(22)17-13(19)9-10-14(20)21-5-2/h6-8H,4-5,9-10H2,1-3H3,(H2,17,18,19,22). The Kier molecular flexibility index (Phi) is 7.52. The van der Waals surface area contributed by atoms with E-state index in [9.17, 15) is 9.59 Å². The Morgan fingerprint density at radius 2 is 1.95 bits per heavy atom. The number of ether oxygens (including phenoxy) is 1. The number of carbonyl (C=O) groups is 2. The van der Waals surface area contributed by atoms with E-state index in [-0.39, 0.29) is 29.8 Å². The summed E-state index contributed by atoms with van der Waals surface area (Å²) in [7, 11) is 0. The fraction of sp³-hybridized carbons (Fsp3) is 0.438. The van der Waals surface area contributed by atoms with Crippen LogP contribution in [0.3, 0.4) is 0 Å². The van der Waals surface area contributed by atoms with E-state index >= 15 is 0 Å². The molecule has 1 rings (SSSR count). The number of anilines is 1. The molecule has 1 amide bonds. The Hall–Kier alpha value is -1.95. The molecule has 0 atom stereocenters. The number of amides is 1. The van der Waals surface area contributed by atoms with Crippen LogP contribution in [0.25, 0.3) is 0 Å². The first-order chi connectivity index (χ1) is 10.5. The van der Waals surface area contributed by atoms with Gasteiger partial charge in [0, 0.05) is 12.1 Å². The minimum Gasteiger partial charge on any atom is -0.466 e. The van der Waals surface area contributed by atoms with E-state index in [0.717, 1.165) is 23.2 Å². The van der Waals surface area contributed by atoms with Gasteiger partial charge < -0.3 is 15.4 Å². The fourth-order valence-electron chi connectivity index (χ4n) is 1.98. The number of carbonyl (C=O) groups excluding carboxylic acids is 2. The van der Waals surface area contributed by atoms with Crippen LogP contribution in [0.4, 0.5) is 5.69 Å². The largest absolute Gasteiger partial charge is 0.466 e. The molecule has 0 aromatic heterocycles. The van der Waals surface area contributed by atoms with Crippen LogP contribution in [0, 0.1) is 6.92 Å². The first-order valence-corrected chi connectivity index (χ1v) is 7.73. The van der Waals surface area contributed by atoms with E-state index in [2.05, 4.69) is 17.6 Å². The number of para-hydroxylation sites is 1. The molecular weight excluding hydrogens is 300 g/mol. The fourth-order valence-corrected chi connectivity index (χ4v) is 2.20. The van der Waals surface area contributed by atoms with Crippen LogP contribution >= 0.6 is 12.2 Å². The molecule has 0 unspecified atom stereocenters. The van der Waals surface area contributed by atoms with Crippen LogP contribution in [0.1, 0.15) is 37.8 Å². The molecule has 0 radical (unpaired) electrons. The second-order valence-corrected chi connectivity index (χ2v) is 5.18. The molecule has 0 saturated carbocycles. The van der Waals surface area contributed by atoms with Crippen LogP contribution in [0.2, 0.25) is 0 Å². The van der Waals surface area contributed by atoms with Gasteiger partial charge in [-0.2, -0.15) is 0 Å². The maximum absolute atomic E-state index is 11.7. The van der Waals surface area contributed by atoms with Gasteiger partial charge in [0.25, 0.3) is 0 Å². The molecule has 0 fully saturated rings. The molecule has 1 aromatic carbocycles. The predicted molar refractivity (Wildman–Crippen MR) is 90.8 cm³/mol. The number of thiocarbonyl (C=S) groups is 1. The van der Waals surface area contributed by atoms with Gasteiger partial charge in [0.15, 0.2) is 5.11 Å². The zero-order valence-electron chi connectivity index (χ0n) is 13.2. The van der Waals surface area contributed by atoms with Crippen molar-refractivity contribution in [3.05, 3.63) is 29.3 Å². The van der Waals surface area contributed by atoms with Gasteiger partial charge in [-0.15, -0.1) is 0 Å². The topological polar surface area (TPSA) is 67.4 Å². The smallest absolute Gasteiger partial charge is 0.306 e. The maximum Gasteiger partial charge on any atom is 0.306 e. The second kappa shape index (κ2) is 9.15. The molecule has 0 aliphatic heterocycles. The predicted octanol–water partition coefficient (Wildman–Crippen LogP) is 2.71. The Morgan fingerprint density at radius 1 is 1.23 bits per heavy atom. The number of nitrogens with one attached hydrogen (secondary N) is 2. The lowest BCUT2D eigenvalue weighted by Crippen LogP contribution is -2.34. The van der Waals surface area contributed by atoms with Gasteiger partial charge in [-0.05, 0) is 43.6 Å². The molecule has 0 aliphatic carbocycles. The highest BCUT2D eigenvalue weighted by Gasteiger charge is 2.11. The van der Waals surface area contributed by atoms with E-state index < -0.39 is 0 Å². The van der Waals surface area contributed by atoms with E-state index in [1.54, 1.807) is 6.92 Å². The van der Waals surface area contributed by atoms with Crippen LogP contribution in [-0.2, 0) is 20.7 Å². The SMILES string of the molecule is CCOC(=O)CCC(=O)NC(=S)Nc1c(C)cccc1CC. The summed E-state index contributed by atoms with van der Waals surface area (Å²) in [5.74, 6) is -0.694. The zero-order chi connectivity index (χ0) is 16.5. The Bertz CT molecular complexity index is 558. The lowest BCUT2D eigenvalue weighted by molar-refractivity contribution is -0.144. The molecule has 120 valence electrons. The quantitative estimate of drug-likeness (QED) is 0.622. The van der Waals surface area contributed by atoms with Crippen molar-refractivity contribution in [1.82, 2.24) is 5.32 Å². The monoisotopic (exact) mass is 322 g/mol. The Balaban J connectivity index is 2.53. The van der Waals surface area contributed by atoms with Gasteiger partial charge in [-0.1, -0.05) is 25.1 Å². The highest BCUT2D eigenvalue weighted by atomic mass is 32.1. The molecular formula is C16H22N2O3S. The number of rotatable bonds is 6. The molecule has 0 spiro atoms. The van der Waals surface area contributed by atoms with E-state index in [1.807, 2.05) is 25.1 Å². The Morgan fingerprint density at radius 3 is 2.59 bits per heavy atom. The summed E-state index contributed by atoms with van der Waals surface area (Å²) in [5.41, 5.74) is 3.10. The highest BCUT2D eigenvalue weighted by molar-refractivity contribution is 7.80. The summed E-state index contributed by atoms with van der Waals surface area (Å²) in [6.07, 6.45) is 0.964. The second-order valence-electron chi connectivity index (χ2n) is 4.77. The minimum absolute atomic E-state index is 0.0485. The maximum atomic E-state index is 11.7. The third-order valence-electron chi connectivity index (χ3n) is 3.09. The molecule has 5 nitrogen and oxygen atoms in total. The average Bonchev–Trinajstić information content (AvgIpc) is 2.47. The molecule has 0 aliphatic rings. The number of benzene rings is 1. The van der Waals surface area contributed by atoms with E-state index in [4.69, 9.17) is 17.0 Å². The molecule has 0 bridgehead atoms. The van der Waals surface area contributed by atoms with Crippen LogP contribution < -0.4 is 10.6 Å². The normalized spacial score (nSPS) is 9.95. The molecule has 0 saturated heterocycles. The van der Waals surface area contributed by atoms with Crippen molar-refractivity contribution in [2.75, 3.05) is 11.9 Å². The number of aryl methyl sites for hydroxylation is 2. The van der Waals surface area contributed by atoms with Crippen molar-refractivity contribution in [3.63, 3.8) is 0 Å². The van der Waals surface area contributed by atoms with Gasteiger partial charge in [0.2, 0.25) is 5.91 Å². The van der Waals surface area contributed by atoms with Crippen molar-refractivity contribution in [3.8, 4) is 0 Å². The van der Waals surface area contributed by atoms with Gasteiger partial charge in [-0.3, -0.25) is 9.59 Å². The summed E-state index contributed by atoms with van der Waals surface area (Å²) < 4.78 is 4.77. The third kappa shape index (κ3) is 5.81. The summed E-state index contributed by atoms with van der Waals surface area (Å²) >= 11 is 5.15. The van der Waals surface area contributed by atoms with E-state index in [0.29, 0.717) is 6.61 Å². The molecule has 0 heterocycles. The summed E-state index contributed by atoms with van der Waals surface area (Å²) in [6, 6.07) is 5.98. The van der Waals surface area contributed by atoms with Gasteiger partial charge in [0.05, 0.1) is 13.0 Å². The first kappa shape index (κ1) is 18.1. The summed E-state index contributed by atoms with van der Waals surface area (Å²) in [4.78, 5) is 22.9. The summed E-state index contributed by atoms with van der Waals surface area (Å²) in [5, 5.41) is 5.87. The average molecular weight is 322 g/mol. The molecule has 6 heteroatoms. The van der Waals surface area contributed by atoms with Crippen LogP contribution in [-0.4, -0.2) is 23.6 Å². The molecule has 1 aromatic rings. The van der Waals surface area contributed by atoms with Crippen molar-refractivity contribution in [2.24, 2.45) is 0 Å². The van der Waals surface area contributed by atoms with Crippen LogP contribution in [0.15, 0.2) is 18.2 Å². The lowest BCUT2D eigenvalue weighted by atomic mass is 10.1. The van der Waals surface area contributed by atoms with Crippen molar-refractivity contribution < 1.29 is 14.3 Å². The van der Waals surface area contributed by atoms with Crippen LogP contribution in [0.5, 0.6) is 0 Å². The number of hydrogen-bond donors (Lipinski definition) is 2. The molecule has 2 N–H and O–H groups in total. The van der Waals surface area contributed by atoms with Crippen molar-refractivity contribution in [1.29, 1.82) is 0 Å². The molecule has 22 heavy (non-hydrogen) atoms.